The van der Waals surface area contributed by atoms with Crippen LogP contribution in [0, 0.1) is 5.92 Å². The SMILES string of the molecule is CNCCn1nnnc1SCCCC(C)C. The van der Waals surface area contributed by atoms with Gasteiger partial charge < -0.3 is 5.32 Å². The number of tetrazole rings is 1. The predicted octanol–water partition coefficient (Wildman–Crippen LogP) is 1.42. The lowest BCUT2D eigenvalue weighted by atomic mass is 10.1. The Hall–Kier alpha value is -0.620. The molecule has 0 saturated heterocycles. The molecule has 16 heavy (non-hydrogen) atoms. The fourth-order valence-electron chi connectivity index (χ4n) is 1.31. The summed E-state index contributed by atoms with van der Waals surface area (Å²) in [6.45, 7) is 6.23. The first kappa shape index (κ1) is 13.4. The zero-order valence-corrected chi connectivity index (χ0v) is 11.1. The van der Waals surface area contributed by atoms with Crippen molar-refractivity contribution < 1.29 is 0 Å². The Bertz CT molecular complexity index is 286. The zero-order valence-electron chi connectivity index (χ0n) is 10.3. The van der Waals surface area contributed by atoms with Gasteiger partial charge in [0.25, 0.3) is 0 Å². The maximum atomic E-state index is 4.02. The van der Waals surface area contributed by atoms with Gasteiger partial charge in [0, 0.05) is 12.3 Å². The summed E-state index contributed by atoms with van der Waals surface area (Å²) in [5.41, 5.74) is 0. The third kappa shape index (κ3) is 4.94. The molecule has 1 aromatic rings. The van der Waals surface area contributed by atoms with E-state index in [-0.39, 0.29) is 0 Å². The van der Waals surface area contributed by atoms with E-state index in [4.69, 9.17) is 0 Å². The average Bonchev–Trinajstić information content (AvgIpc) is 2.69. The van der Waals surface area contributed by atoms with E-state index in [1.165, 1.54) is 12.8 Å². The minimum atomic E-state index is 0.779. The Morgan fingerprint density at radius 1 is 1.44 bits per heavy atom. The summed E-state index contributed by atoms with van der Waals surface area (Å²) in [5.74, 6) is 1.87. The summed E-state index contributed by atoms with van der Waals surface area (Å²) in [6, 6.07) is 0. The van der Waals surface area contributed by atoms with Crippen LogP contribution in [0.25, 0.3) is 0 Å². The molecule has 0 spiro atoms. The molecule has 0 unspecified atom stereocenters. The van der Waals surface area contributed by atoms with Crippen molar-refractivity contribution >= 4 is 11.8 Å². The van der Waals surface area contributed by atoms with Crippen LogP contribution in [-0.4, -0.2) is 39.6 Å². The molecule has 0 aliphatic carbocycles. The van der Waals surface area contributed by atoms with Crippen LogP contribution in [0.5, 0.6) is 0 Å². The first-order valence-electron chi connectivity index (χ1n) is 5.77. The largest absolute Gasteiger partial charge is 0.318 e. The maximum Gasteiger partial charge on any atom is 0.209 e. The Balaban J connectivity index is 2.27. The number of nitrogens with zero attached hydrogens (tertiary/aromatic N) is 4. The first-order chi connectivity index (χ1) is 7.74. The molecule has 6 heteroatoms. The van der Waals surface area contributed by atoms with Crippen molar-refractivity contribution in [3.05, 3.63) is 0 Å². The molecule has 1 rings (SSSR count). The normalized spacial score (nSPS) is 11.2. The average molecular weight is 243 g/mol. The van der Waals surface area contributed by atoms with Crippen molar-refractivity contribution in [1.29, 1.82) is 0 Å². The molecule has 0 fully saturated rings. The van der Waals surface area contributed by atoms with Crippen LogP contribution in [0.2, 0.25) is 0 Å². The molecule has 0 saturated carbocycles. The standard InChI is InChI=1S/C10H21N5S/c1-9(2)5-4-8-16-10-12-13-14-15(10)7-6-11-3/h9,11H,4-8H2,1-3H3. The van der Waals surface area contributed by atoms with Crippen LogP contribution in [0.15, 0.2) is 5.16 Å². The quantitative estimate of drug-likeness (QED) is 0.553. The fraction of sp³-hybridized carbons (Fsp3) is 0.900. The molecular weight excluding hydrogens is 222 g/mol. The van der Waals surface area contributed by atoms with E-state index in [1.54, 1.807) is 11.8 Å². The number of thioether (sulfide) groups is 1. The van der Waals surface area contributed by atoms with Gasteiger partial charge in [0.1, 0.15) is 0 Å². The lowest BCUT2D eigenvalue weighted by molar-refractivity contribution is 0.529. The highest BCUT2D eigenvalue weighted by molar-refractivity contribution is 7.99. The highest BCUT2D eigenvalue weighted by atomic mass is 32.2. The summed E-state index contributed by atoms with van der Waals surface area (Å²) >= 11 is 1.75. The van der Waals surface area contributed by atoms with Crippen molar-refractivity contribution in [3.63, 3.8) is 0 Å². The Morgan fingerprint density at radius 2 is 2.25 bits per heavy atom. The monoisotopic (exact) mass is 243 g/mol. The molecule has 0 aliphatic heterocycles. The topological polar surface area (TPSA) is 55.6 Å². The molecule has 92 valence electrons. The number of rotatable bonds is 8. The summed E-state index contributed by atoms with van der Waals surface area (Å²) in [5, 5.41) is 15.7. The minimum absolute atomic E-state index is 0.779. The van der Waals surface area contributed by atoms with Gasteiger partial charge in [-0.25, -0.2) is 4.68 Å². The number of hydrogen-bond donors (Lipinski definition) is 1. The predicted molar refractivity (Wildman–Crippen MR) is 66.5 cm³/mol. The number of nitrogens with one attached hydrogen (secondary N) is 1. The second-order valence-corrected chi connectivity index (χ2v) is 5.23. The molecule has 1 aromatic heterocycles. The van der Waals surface area contributed by atoms with Gasteiger partial charge in [0.15, 0.2) is 0 Å². The second kappa shape index (κ2) is 7.62. The zero-order chi connectivity index (χ0) is 11.8. The van der Waals surface area contributed by atoms with Crippen LogP contribution < -0.4 is 5.32 Å². The van der Waals surface area contributed by atoms with E-state index >= 15 is 0 Å². The van der Waals surface area contributed by atoms with Crippen molar-refractivity contribution in [2.45, 2.75) is 38.4 Å². The summed E-state index contributed by atoms with van der Waals surface area (Å²) < 4.78 is 1.86. The van der Waals surface area contributed by atoms with Crippen LogP contribution in [-0.2, 0) is 6.54 Å². The van der Waals surface area contributed by atoms with E-state index < -0.39 is 0 Å². The molecule has 0 aliphatic rings. The van der Waals surface area contributed by atoms with Crippen molar-refractivity contribution in [1.82, 2.24) is 25.5 Å². The van der Waals surface area contributed by atoms with E-state index in [2.05, 4.69) is 34.7 Å². The Labute approximate surface area is 101 Å². The van der Waals surface area contributed by atoms with Crippen LogP contribution >= 0.6 is 11.8 Å². The second-order valence-electron chi connectivity index (χ2n) is 4.17. The first-order valence-corrected chi connectivity index (χ1v) is 6.76. The molecule has 0 aromatic carbocycles. The van der Waals surface area contributed by atoms with Crippen LogP contribution in [0.4, 0.5) is 0 Å². The van der Waals surface area contributed by atoms with Gasteiger partial charge >= 0.3 is 0 Å². The molecule has 1 heterocycles. The lowest BCUT2D eigenvalue weighted by Gasteiger charge is -2.05. The van der Waals surface area contributed by atoms with Crippen LogP contribution in [0.1, 0.15) is 26.7 Å². The van der Waals surface area contributed by atoms with Gasteiger partial charge in [0.05, 0.1) is 6.54 Å². The van der Waals surface area contributed by atoms with E-state index in [0.717, 1.165) is 29.9 Å². The van der Waals surface area contributed by atoms with Gasteiger partial charge in [-0.3, -0.25) is 0 Å². The molecule has 0 atom stereocenters. The lowest BCUT2D eigenvalue weighted by Crippen LogP contribution is -2.16. The minimum Gasteiger partial charge on any atom is -0.318 e. The number of aromatic nitrogens is 4. The van der Waals surface area contributed by atoms with Gasteiger partial charge in [-0.05, 0) is 29.8 Å². The van der Waals surface area contributed by atoms with Crippen molar-refractivity contribution in [2.75, 3.05) is 19.3 Å². The third-order valence-electron chi connectivity index (χ3n) is 2.23. The molecule has 0 radical (unpaired) electrons. The maximum absolute atomic E-state index is 4.02. The summed E-state index contributed by atoms with van der Waals surface area (Å²) in [4.78, 5) is 0. The fourth-order valence-corrected chi connectivity index (χ4v) is 2.18. The van der Waals surface area contributed by atoms with Gasteiger partial charge in [0.2, 0.25) is 5.16 Å². The number of likely N-dealkylation sites (N-methyl/N-ethyl adjacent to an activating group) is 1. The highest BCUT2D eigenvalue weighted by Crippen LogP contribution is 2.16. The van der Waals surface area contributed by atoms with E-state index in [9.17, 15) is 0 Å². The highest BCUT2D eigenvalue weighted by Gasteiger charge is 2.05. The van der Waals surface area contributed by atoms with Crippen molar-refractivity contribution in [3.8, 4) is 0 Å². The van der Waals surface area contributed by atoms with Gasteiger partial charge in [-0.2, -0.15) is 0 Å². The van der Waals surface area contributed by atoms with E-state index in [1.807, 2.05) is 11.7 Å². The molecule has 5 nitrogen and oxygen atoms in total. The van der Waals surface area contributed by atoms with Gasteiger partial charge in [-0.15, -0.1) is 5.10 Å². The molecular formula is C10H21N5S. The molecule has 0 amide bonds. The third-order valence-corrected chi connectivity index (χ3v) is 3.27. The van der Waals surface area contributed by atoms with Crippen molar-refractivity contribution in [2.24, 2.45) is 5.92 Å². The van der Waals surface area contributed by atoms with E-state index in [0.29, 0.717) is 0 Å². The summed E-state index contributed by atoms with van der Waals surface area (Å²) in [7, 11) is 1.93. The summed E-state index contributed by atoms with van der Waals surface area (Å²) in [6.07, 6.45) is 2.49. The van der Waals surface area contributed by atoms with Gasteiger partial charge in [-0.1, -0.05) is 32.0 Å². The smallest absolute Gasteiger partial charge is 0.209 e. The number of hydrogen-bond acceptors (Lipinski definition) is 5. The van der Waals surface area contributed by atoms with Crippen LogP contribution in [0.3, 0.4) is 0 Å². The molecule has 0 bridgehead atoms. The Morgan fingerprint density at radius 3 is 2.94 bits per heavy atom. The molecule has 1 N–H and O–H groups in total. The Kier molecular flexibility index (Phi) is 6.40.